The van der Waals surface area contributed by atoms with Crippen molar-refractivity contribution < 1.29 is 19.1 Å². The van der Waals surface area contributed by atoms with Gasteiger partial charge in [0.25, 0.3) is 0 Å². The monoisotopic (exact) mass is 242 g/mol. The Hall–Kier alpha value is -1.10. The van der Waals surface area contributed by atoms with Crippen LogP contribution < -0.4 is 5.32 Å². The van der Waals surface area contributed by atoms with E-state index in [2.05, 4.69) is 5.32 Å². The molecule has 5 nitrogen and oxygen atoms in total. The van der Waals surface area contributed by atoms with Gasteiger partial charge in [0.15, 0.2) is 0 Å². The predicted octanol–water partition coefficient (Wildman–Crippen LogP) is 0.887. The molecule has 1 heterocycles. The zero-order valence-electron chi connectivity index (χ0n) is 10.5. The maximum atomic E-state index is 12.0. The van der Waals surface area contributed by atoms with Crippen LogP contribution in [0, 0.1) is 5.41 Å². The van der Waals surface area contributed by atoms with Gasteiger partial charge in [0.1, 0.15) is 0 Å². The molecule has 0 N–H and O–H groups in total. The van der Waals surface area contributed by atoms with Crippen LogP contribution >= 0.6 is 0 Å². The number of hydrogen-bond acceptors (Lipinski definition) is 4. The van der Waals surface area contributed by atoms with Gasteiger partial charge in [0.05, 0.1) is 25.0 Å². The molecule has 1 saturated heterocycles. The molecule has 5 heteroatoms. The van der Waals surface area contributed by atoms with Crippen molar-refractivity contribution in [3.63, 3.8) is 0 Å². The minimum Gasteiger partial charge on any atom is -0.466 e. The van der Waals surface area contributed by atoms with Crippen LogP contribution in [0.4, 0.5) is 0 Å². The topological polar surface area (TPSA) is 66.7 Å². The Morgan fingerprint density at radius 1 is 1.12 bits per heavy atom. The van der Waals surface area contributed by atoms with E-state index in [4.69, 9.17) is 9.47 Å². The van der Waals surface area contributed by atoms with E-state index >= 15 is 0 Å². The molecule has 97 valence electrons. The van der Waals surface area contributed by atoms with Gasteiger partial charge in [-0.15, -0.1) is 0 Å². The molecule has 0 aromatic rings. The largest absolute Gasteiger partial charge is 0.466 e. The number of carbonyl (C=O) groups is 2. The second-order valence-corrected chi connectivity index (χ2v) is 4.15. The maximum absolute atomic E-state index is 12.0. The molecule has 1 aliphatic rings. The van der Waals surface area contributed by atoms with Gasteiger partial charge >= 0.3 is 11.9 Å². The lowest BCUT2D eigenvalue weighted by Gasteiger charge is -2.33. The second kappa shape index (κ2) is 6.59. The van der Waals surface area contributed by atoms with Crippen LogP contribution in [0.1, 0.15) is 33.1 Å². The minimum atomic E-state index is -0.718. The fourth-order valence-corrected chi connectivity index (χ4v) is 2.05. The van der Waals surface area contributed by atoms with E-state index < -0.39 is 5.41 Å². The number of carbonyl (C=O) groups excluding carboxylic acids is 2. The lowest BCUT2D eigenvalue weighted by Crippen LogP contribution is -2.42. The van der Waals surface area contributed by atoms with Crippen molar-refractivity contribution in [3.8, 4) is 0 Å². The molecule has 0 atom stereocenters. The number of esters is 2. The lowest BCUT2D eigenvalue weighted by atomic mass is 9.76. The minimum absolute atomic E-state index is 0.106. The number of ether oxygens (including phenoxy) is 2. The first kappa shape index (κ1) is 14.0. The van der Waals surface area contributed by atoms with Crippen molar-refractivity contribution in [2.24, 2.45) is 5.41 Å². The molecule has 0 saturated carbocycles. The van der Waals surface area contributed by atoms with Crippen LogP contribution in [-0.2, 0) is 19.1 Å². The molecule has 1 radical (unpaired) electrons. The standard InChI is InChI=1S/C12H20NO4/c1-3-16-10(14)9-12(11(15)17-4-2)5-7-13-8-6-12/h3-9H2,1-2H3. The summed E-state index contributed by atoms with van der Waals surface area (Å²) >= 11 is 0. The first-order valence-corrected chi connectivity index (χ1v) is 6.10. The highest BCUT2D eigenvalue weighted by Crippen LogP contribution is 2.35. The molecule has 1 rings (SSSR count). The molecule has 0 unspecified atom stereocenters. The maximum Gasteiger partial charge on any atom is 0.312 e. The molecule has 1 aliphatic heterocycles. The van der Waals surface area contributed by atoms with E-state index in [9.17, 15) is 9.59 Å². The number of nitrogens with zero attached hydrogens (tertiary/aromatic N) is 1. The van der Waals surface area contributed by atoms with Gasteiger partial charge in [-0.25, -0.2) is 5.32 Å². The van der Waals surface area contributed by atoms with Crippen LogP contribution in [0.5, 0.6) is 0 Å². The van der Waals surface area contributed by atoms with E-state index in [1.54, 1.807) is 13.8 Å². The fourth-order valence-electron chi connectivity index (χ4n) is 2.05. The summed E-state index contributed by atoms with van der Waals surface area (Å²) in [5.74, 6) is -0.620. The van der Waals surface area contributed by atoms with Crippen LogP contribution in [0.3, 0.4) is 0 Å². The average Bonchev–Trinajstić information content (AvgIpc) is 2.30. The van der Waals surface area contributed by atoms with Gasteiger partial charge in [0, 0.05) is 13.1 Å². The molecule has 0 bridgehead atoms. The third kappa shape index (κ3) is 3.70. The molecule has 0 aromatic heterocycles. The van der Waals surface area contributed by atoms with Crippen LogP contribution in [0.2, 0.25) is 0 Å². The van der Waals surface area contributed by atoms with Gasteiger partial charge < -0.3 is 9.47 Å². The number of hydrogen-bond donors (Lipinski definition) is 0. The highest BCUT2D eigenvalue weighted by molar-refractivity contribution is 5.83. The zero-order chi connectivity index (χ0) is 12.7. The quantitative estimate of drug-likeness (QED) is 0.671. The van der Waals surface area contributed by atoms with E-state index in [-0.39, 0.29) is 18.4 Å². The summed E-state index contributed by atoms with van der Waals surface area (Å²) in [4.78, 5) is 23.6. The zero-order valence-corrected chi connectivity index (χ0v) is 10.5. The van der Waals surface area contributed by atoms with Crippen LogP contribution in [-0.4, -0.2) is 38.2 Å². The molecule has 0 aromatic carbocycles. The Kier molecular flexibility index (Phi) is 5.41. The number of piperidine rings is 1. The summed E-state index contributed by atoms with van der Waals surface area (Å²) in [5, 5.41) is 4.21. The molecule has 0 amide bonds. The van der Waals surface area contributed by atoms with E-state index in [0.29, 0.717) is 39.1 Å². The highest BCUT2D eigenvalue weighted by atomic mass is 16.5. The molecule has 1 fully saturated rings. The lowest BCUT2D eigenvalue weighted by molar-refractivity contribution is -0.164. The summed E-state index contributed by atoms with van der Waals surface area (Å²) < 4.78 is 10.00. The summed E-state index contributed by atoms with van der Waals surface area (Å²) in [6.45, 7) is 5.41. The van der Waals surface area contributed by atoms with Gasteiger partial charge in [-0.3, -0.25) is 9.59 Å². The Bertz CT molecular complexity index is 272. The van der Waals surface area contributed by atoms with Crippen molar-refractivity contribution in [1.29, 1.82) is 0 Å². The summed E-state index contributed by atoms with van der Waals surface area (Å²) in [7, 11) is 0. The van der Waals surface area contributed by atoms with Crippen LogP contribution in [0.15, 0.2) is 0 Å². The van der Waals surface area contributed by atoms with Gasteiger partial charge in [-0.1, -0.05) is 0 Å². The summed E-state index contributed by atoms with van der Waals surface area (Å²) in [6.07, 6.45) is 1.25. The van der Waals surface area contributed by atoms with E-state index in [0.717, 1.165) is 0 Å². The molecule has 17 heavy (non-hydrogen) atoms. The average molecular weight is 242 g/mol. The molecular formula is C12H20NO4. The molecular weight excluding hydrogens is 222 g/mol. The van der Waals surface area contributed by atoms with Crippen LogP contribution in [0.25, 0.3) is 0 Å². The van der Waals surface area contributed by atoms with E-state index in [1.165, 1.54) is 0 Å². The summed E-state index contributed by atoms with van der Waals surface area (Å²) in [6, 6.07) is 0. The van der Waals surface area contributed by atoms with Crippen molar-refractivity contribution >= 4 is 11.9 Å². The number of rotatable bonds is 5. The van der Waals surface area contributed by atoms with Crippen molar-refractivity contribution in [1.82, 2.24) is 5.32 Å². The Labute approximate surface area is 102 Å². The highest BCUT2D eigenvalue weighted by Gasteiger charge is 2.43. The predicted molar refractivity (Wildman–Crippen MR) is 61.4 cm³/mol. The Balaban J connectivity index is 2.70. The van der Waals surface area contributed by atoms with Crippen molar-refractivity contribution in [2.75, 3.05) is 26.3 Å². The van der Waals surface area contributed by atoms with Gasteiger partial charge in [0.2, 0.25) is 0 Å². The van der Waals surface area contributed by atoms with E-state index in [1.807, 2.05) is 0 Å². The summed E-state index contributed by atoms with van der Waals surface area (Å²) in [5.41, 5.74) is -0.718. The Morgan fingerprint density at radius 3 is 2.24 bits per heavy atom. The van der Waals surface area contributed by atoms with Gasteiger partial charge in [-0.05, 0) is 26.7 Å². The third-order valence-corrected chi connectivity index (χ3v) is 2.99. The van der Waals surface area contributed by atoms with Gasteiger partial charge in [-0.2, -0.15) is 0 Å². The SMILES string of the molecule is CCOC(=O)CC1(C(=O)OCC)CC[N]CC1. The molecule has 0 spiro atoms. The fraction of sp³-hybridized carbons (Fsp3) is 0.833. The van der Waals surface area contributed by atoms with Crippen molar-refractivity contribution in [3.05, 3.63) is 0 Å². The van der Waals surface area contributed by atoms with Crippen molar-refractivity contribution in [2.45, 2.75) is 33.1 Å². The third-order valence-electron chi connectivity index (χ3n) is 2.99. The normalized spacial score (nSPS) is 18.5. The first-order chi connectivity index (χ1) is 8.14. The second-order valence-electron chi connectivity index (χ2n) is 4.15. The first-order valence-electron chi connectivity index (χ1n) is 6.10. The smallest absolute Gasteiger partial charge is 0.312 e. The molecule has 0 aliphatic carbocycles. The Morgan fingerprint density at radius 2 is 1.71 bits per heavy atom.